The van der Waals surface area contributed by atoms with E-state index < -0.39 is 35.1 Å². The fourth-order valence-electron chi connectivity index (χ4n) is 2.00. The molecule has 4 nitrogen and oxygen atoms in total. The molecule has 0 radical (unpaired) electrons. The molecule has 0 aliphatic heterocycles. The number of alkyl halides is 3. The van der Waals surface area contributed by atoms with Gasteiger partial charge < -0.3 is 0 Å². The van der Waals surface area contributed by atoms with Crippen molar-refractivity contribution in [2.24, 2.45) is 0 Å². The largest absolute Gasteiger partial charge is 0.412 e. The van der Waals surface area contributed by atoms with Gasteiger partial charge in [0.2, 0.25) is 5.91 Å². The number of nitrogens with zero attached hydrogens (tertiary/aromatic N) is 1. The van der Waals surface area contributed by atoms with Crippen LogP contribution in [0.25, 0.3) is 0 Å². The molecule has 1 rings (SSSR count). The van der Waals surface area contributed by atoms with Crippen LogP contribution in [0.15, 0.2) is 39.7 Å². The smallest absolute Gasteiger partial charge is 0.294 e. The highest BCUT2D eigenvalue weighted by molar-refractivity contribution is 8.04. The third kappa shape index (κ3) is 5.93. The molecule has 0 N–H and O–H groups in total. The molecule has 0 aromatic heterocycles. The van der Waals surface area contributed by atoms with Gasteiger partial charge in [0.05, 0.1) is 15.6 Å². The summed E-state index contributed by atoms with van der Waals surface area (Å²) in [5.41, 5.74) is -1.82. The van der Waals surface area contributed by atoms with E-state index in [1.54, 1.807) is 6.92 Å². The topological polar surface area (TPSA) is 54.5 Å². The predicted octanol–water partition coefficient (Wildman–Crippen LogP) is 5.45. The zero-order valence-electron chi connectivity index (χ0n) is 15.3. The first-order valence-electron chi connectivity index (χ1n) is 7.73. The number of carbonyl (C=O) groups is 3. The third-order valence-corrected chi connectivity index (χ3v) is 5.12. The summed E-state index contributed by atoms with van der Waals surface area (Å²) >= 11 is 6.84. The minimum absolute atomic E-state index is 0.0928. The number of benzene rings is 1. The van der Waals surface area contributed by atoms with Gasteiger partial charge in [0.25, 0.3) is 5.91 Å². The maximum absolute atomic E-state index is 14.4. The summed E-state index contributed by atoms with van der Waals surface area (Å²) in [7, 11) is 0. The molecule has 152 valence electrons. The molecule has 1 aromatic carbocycles. The molecule has 0 aliphatic carbocycles. The van der Waals surface area contributed by atoms with Gasteiger partial charge in [-0.15, -0.1) is 0 Å². The Kier molecular flexibility index (Phi) is 8.01. The number of allylic oxidation sites excluding steroid dienone is 3. The number of carbonyl (C=O) groups excluding carboxylic acids is 3. The summed E-state index contributed by atoms with van der Waals surface area (Å²) in [6.45, 7) is 4.46. The van der Waals surface area contributed by atoms with E-state index in [-0.39, 0.29) is 31.6 Å². The molecule has 28 heavy (non-hydrogen) atoms. The number of hydrogen-bond donors (Lipinski definition) is 0. The van der Waals surface area contributed by atoms with Crippen LogP contribution in [0, 0.1) is 5.82 Å². The Balaban J connectivity index is 3.48. The van der Waals surface area contributed by atoms with Crippen LogP contribution in [-0.2, 0) is 14.4 Å². The summed E-state index contributed by atoms with van der Waals surface area (Å²) in [6.07, 6.45) is -3.08. The minimum atomic E-state index is -4.78. The Morgan fingerprint density at radius 3 is 2.14 bits per heavy atom. The molecule has 0 aliphatic rings. The average molecular weight is 438 g/mol. The molecule has 0 unspecified atom stereocenters. The van der Waals surface area contributed by atoms with Gasteiger partial charge in [-0.2, -0.15) is 13.2 Å². The van der Waals surface area contributed by atoms with E-state index in [4.69, 9.17) is 11.6 Å². The van der Waals surface area contributed by atoms with Gasteiger partial charge in [-0.25, -0.2) is 9.29 Å². The number of halogens is 5. The van der Waals surface area contributed by atoms with Crippen LogP contribution in [0.2, 0.25) is 5.02 Å². The van der Waals surface area contributed by atoms with Gasteiger partial charge in [0.1, 0.15) is 5.82 Å². The monoisotopic (exact) mass is 437 g/mol. The van der Waals surface area contributed by atoms with Gasteiger partial charge in [0.15, 0.2) is 5.78 Å². The Bertz CT molecular complexity index is 878. The van der Waals surface area contributed by atoms with Gasteiger partial charge in [-0.05, 0) is 32.9 Å². The van der Waals surface area contributed by atoms with Crippen molar-refractivity contribution in [2.75, 3.05) is 4.90 Å². The van der Waals surface area contributed by atoms with Crippen molar-refractivity contribution in [1.82, 2.24) is 0 Å². The van der Waals surface area contributed by atoms with Crippen LogP contribution in [0.4, 0.5) is 23.2 Å². The lowest BCUT2D eigenvalue weighted by Crippen LogP contribution is -2.35. The van der Waals surface area contributed by atoms with Gasteiger partial charge in [-0.1, -0.05) is 29.4 Å². The highest BCUT2D eigenvalue weighted by atomic mass is 35.5. The number of rotatable bonds is 5. The minimum Gasteiger partial charge on any atom is -0.294 e. The molecule has 0 atom stereocenters. The second kappa shape index (κ2) is 9.38. The first-order valence-corrected chi connectivity index (χ1v) is 8.93. The molecule has 0 heterocycles. The molecule has 0 bridgehead atoms. The van der Waals surface area contributed by atoms with E-state index >= 15 is 0 Å². The number of hydrogen-bond acceptors (Lipinski definition) is 4. The van der Waals surface area contributed by atoms with Crippen molar-refractivity contribution in [1.29, 1.82) is 0 Å². The summed E-state index contributed by atoms with van der Waals surface area (Å²) in [5.74, 6) is -3.73. The van der Waals surface area contributed by atoms with Crippen molar-refractivity contribution in [3.63, 3.8) is 0 Å². The van der Waals surface area contributed by atoms with Crippen molar-refractivity contribution >= 4 is 46.6 Å². The number of thioether (sulfide) groups is 1. The van der Waals surface area contributed by atoms with Crippen LogP contribution in [0.5, 0.6) is 0 Å². The number of amides is 2. The van der Waals surface area contributed by atoms with Gasteiger partial charge in [-0.3, -0.25) is 14.4 Å². The van der Waals surface area contributed by atoms with E-state index in [0.717, 1.165) is 30.8 Å². The lowest BCUT2D eigenvalue weighted by Gasteiger charge is -2.20. The second-order valence-corrected chi connectivity index (χ2v) is 7.05. The van der Waals surface area contributed by atoms with Crippen LogP contribution < -0.4 is 4.90 Å². The zero-order valence-corrected chi connectivity index (χ0v) is 16.9. The summed E-state index contributed by atoms with van der Waals surface area (Å²) < 4.78 is 52.4. The average Bonchev–Trinajstić information content (AvgIpc) is 2.54. The molecule has 2 amide bonds. The summed E-state index contributed by atoms with van der Waals surface area (Å²) in [4.78, 5) is 36.4. The molecular formula is C18H16ClF4NO3S. The van der Waals surface area contributed by atoms with Crippen LogP contribution in [0.1, 0.15) is 27.7 Å². The van der Waals surface area contributed by atoms with Crippen molar-refractivity contribution in [3.05, 3.63) is 45.6 Å². The van der Waals surface area contributed by atoms with E-state index in [1.807, 2.05) is 0 Å². The van der Waals surface area contributed by atoms with Crippen molar-refractivity contribution in [3.8, 4) is 0 Å². The fraction of sp³-hybridized carbons (Fsp3) is 0.278. The lowest BCUT2D eigenvalue weighted by molar-refractivity contribution is -0.123. The van der Waals surface area contributed by atoms with Gasteiger partial charge in [0, 0.05) is 23.5 Å². The normalized spacial score (nSPS) is 12.8. The lowest BCUT2D eigenvalue weighted by atomic mass is 10.2. The molecule has 0 saturated carbocycles. The van der Waals surface area contributed by atoms with Crippen molar-refractivity contribution in [2.45, 2.75) is 38.8 Å². The molecule has 0 spiro atoms. The van der Waals surface area contributed by atoms with Gasteiger partial charge >= 0.3 is 6.18 Å². The van der Waals surface area contributed by atoms with Crippen LogP contribution in [-0.4, -0.2) is 23.8 Å². The Hall–Kier alpha value is -2.13. The zero-order chi connectivity index (χ0) is 21.8. The first kappa shape index (κ1) is 23.9. The molecule has 0 fully saturated rings. The SMILES string of the molecule is CC=C(Sc1cc(N(C(C)=O)C(=O)/C=C(\C)C(F)(F)F)c(F)cc1Cl)C(C)=O. The number of Topliss-reactive ketones (excluding diaryl/α,β-unsaturated/α-hetero) is 1. The predicted molar refractivity (Wildman–Crippen MR) is 99.7 cm³/mol. The van der Waals surface area contributed by atoms with Crippen LogP contribution >= 0.6 is 23.4 Å². The molecule has 10 heteroatoms. The summed E-state index contributed by atoms with van der Waals surface area (Å²) in [5, 5.41) is -0.0928. The Labute approximate surface area is 168 Å². The molecule has 1 aromatic rings. The fourth-order valence-corrected chi connectivity index (χ4v) is 3.09. The number of anilines is 1. The van der Waals surface area contributed by atoms with Crippen LogP contribution in [0.3, 0.4) is 0 Å². The van der Waals surface area contributed by atoms with E-state index in [9.17, 15) is 31.9 Å². The molecule has 0 saturated heterocycles. The Morgan fingerprint density at radius 2 is 1.71 bits per heavy atom. The standard InChI is InChI=1S/C18H16ClF4NO3S/c1-5-15(10(3)25)28-16-8-14(13(20)7-12(16)19)24(11(4)26)17(27)6-9(2)18(21,22)23/h5-8H,1-4H3/b9-6+,15-5?. The molecular weight excluding hydrogens is 422 g/mol. The van der Waals surface area contributed by atoms with E-state index in [1.165, 1.54) is 13.0 Å². The summed E-state index contributed by atoms with van der Waals surface area (Å²) in [6, 6.07) is 1.85. The number of ketones is 1. The van der Waals surface area contributed by atoms with E-state index in [0.29, 0.717) is 6.92 Å². The first-order chi connectivity index (χ1) is 12.8. The third-order valence-electron chi connectivity index (χ3n) is 3.39. The second-order valence-electron chi connectivity index (χ2n) is 5.56. The van der Waals surface area contributed by atoms with Crippen molar-refractivity contribution < 1.29 is 31.9 Å². The number of imide groups is 1. The maximum atomic E-state index is 14.4. The Morgan fingerprint density at radius 1 is 1.14 bits per heavy atom. The maximum Gasteiger partial charge on any atom is 0.412 e. The highest BCUT2D eigenvalue weighted by Gasteiger charge is 2.32. The highest BCUT2D eigenvalue weighted by Crippen LogP contribution is 2.38. The van der Waals surface area contributed by atoms with E-state index in [2.05, 4.69) is 0 Å². The quantitative estimate of drug-likeness (QED) is 0.349.